The molecular weight excluding hydrogens is 330 g/mol. The molecule has 0 unspecified atom stereocenters. The number of hydrogen-bond donors (Lipinski definition) is 1. The number of aryl methyl sites for hydroxylation is 1. The van der Waals surface area contributed by atoms with Crippen molar-refractivity contribution in [3.63, 3.8) is 0 Å². The van der Waals surface area contributed by atoms with Gasteiger partial charge in [0.15, 0.2) is 5.79 Å². The Morgan fingerprint density at radius 2 is 1.92 bits per heavy atom. The largest absolute Gasteiger partial charge is 0.370 e. The lowest BCUT2D eigenvalue weighted by Crippen LogP contribution is -2.45. The number of nitrogens with zero attached hydrogens (tertiary/aromatic N) is 2. The Morgan fingerprint density at radius 3 is 2.58 bits per heavy atom. The molecule has 2 aliphatic rings. The second kappa shape index (κ2) is 7.05. The minimum atomic E-state index is -0.377. The number of amides is 1. The number of aromatic nitrogens is 1. The molecule has 1 amide bonds. The van der Waals surface area contributed by atoms with E-state index in [1.54, 1.807) is 12.3 Å². The van der Waals surface area contributed by atoms with E-state index in [0.717, 1.165) is 42.9 Å². The van der Waals surface area contributed by atoms with Crippen molar-refractivity contribution in [2.75, 3.05) is 36.5 Å². The standard InChI is InChI=1S/C20H23N3O3/c1-15-3-2-4-16(13-15)22-19(24)18-6-5-17(14-21-18)23-9-7-20(8-10-23)25-11-12-26-20/h2-6,13-14H,7-12H2,1H3,(H,22,24). The zero-order valence-corrected chi connectivity index (χ0v) is 14.9. The van der Waals surface area contributed by atoms with E-state index in [-0.39, 0.29) is 11.7 Å². The van der Waals surface area contributed by atoms with Crippen molar-refractivity contribution in [3.8, 4) is 0 Å². The van der Waals surface area contributed by atoms with Crippen LogP contribution < -0.4 is 10.2 Å². The summed E-state index contributed by atoms with van der Waals surface area (Å²) in [6, 6.07) is 11.4. The lowest BCUT2D eigenvalue weighted by atomic mass is 10.0. The molecule has 0 atom stereocenters. The molecule has 1 aromatic carbocycles. The van der Waals surface area contributed by atoms with Crippen LogP contribution in [0.3, 0.4) is 0 Å². The van der Waals surface area contributed by atoms with Crippen molar-refractivity contribution in [3.05, 3.63) is 53.9 Å². The maximum atomic E-state index is 12.4. The zero-order chi connectivity index (χ0) is 18.0. The molecule has 6 nitrogen and oxygen atoms in total. The van der Waals surface area contributed by atoms with Gasteiger partial charge in [0.2, 0.25) is 0 Å². The summed E-state index contributed by atoms with van der Waals surface area (Å²) in [6.45, 7) is 5.08. The maximum Gasteiger partial charge on any atom is 0.274 e. The lowest BCUT2D eigenvalue weighted by molar-refractivity contribution is -0.169. The second-order valence-corrected chi connectivity index (χ2v) is 6.82. The van der Waals surface area contributed by atoms with Crippen molar-refractivity contribution < 1.29 is 14.3 Å². The normalized spacial score (nSPS) is 18.9. The summed E-state index contributed by atoms with van der Waals surface area (Å²) < 4.78 is 11.5. The average molecular weight is 353 g/mol. The first-order valence-corrected chi connectivity index (χ1v) is 9.01. The molecule has 0 aliphatic carbocycles. The Morgan fingerprint density at radius 1 is 1.15 bits per heavy atom. The van der Waals surface area contributed by atoms with Gasteiger partial charge in [0.05, 0.1) is 25.1 Å². The molecule has 1 N–H and O–H groups in total. The number of ether oxygens (including phenoxy) is 2. The van der Waals surface area contributed by atoms with E-state index in [2.05, 4.69) is 15.2 Å². The van der Waals surface area contributed by atoms with Gasteiger partial charge in [0.25, 0.3) is 5.91 Å². The van der Waals surface area contributed by atoms with Crippen LogP contribution in [0.2, 0.25) is 0 Å². The smallest absolute Gasteiger partial charge is 0.274 e. The highest BCUT2D eigenvalue weighted by Crippen LogP contribution is 2.33. The number of anilines is 2. The Labute approximate surface area is 153 Å². The molecule has 2 fully saturated rings. The Hall–Kier alpha value is -2.44. The van der Waals surface area contributed by atoms with Crippen molar-refractivity contribution in [2.24, 2.45) is 0 Å². The Kier molecular flexibility index (Phi) is 4.61. The predicted octanol–water partition coefficient (Wildman–Crippen LogP) is 2.99. The topological polar surface area (TPSA) is 63.7 Å². The van der Waals surface area contributed by atoms with Gasteiger partial charge in [-0.2, -0.15) is 0 Å². The SMILES string of the molecule is Cc1cccc(NC(=O)c2ccc(N3CCC4(CC3)OCCO4)cn2)c1. The van der Waals surface area contributed by atoms with Gasteiger partial charge in [-0.1, -0.05) is 12.1 Å². The highest BCUT2D eigenvalue weighted by molar-refractivity contribution is 6.03. The number of pyridine rings is 1. The van der Waals surface area contributed by atoms with Gasteiger partial charge in [0.1, 0.15) is 5.69 Å². The molecule has 2 saturated heterocycles. The number of benzene rings is 1. The quantitative estimate of drug-likeness (QED) is 0.919. The lowest BCUT2D eigenvalue weighted by Gasteiger charge is -2.38. The molecule has 0 radical (unpaired) electrons. The monoisotopic (exact) mass is 353 g/mol. The van der Waals surface area contributed by atoms with Crippen LogP contribution in [0.25, 0.3) is 0 Å². The van der Waals surface area contributed by atoms with Gasteiger partial charge >= 0.3 is 0 Å². The van der Waals surface area contributed by atoms with E-state index in [1.165, 1.54) is 0 Å². The second-order valence-electron chi connectivity index (χ2n) is 6.82. The van der Waals surface area contributed by atoms with Crippen LogP contribution >= 0.6 is 0 Å². The molecule has 136 valence electrons. The van der Waals surface area contributed by atoms with Crippen molar-refractivity contribution in [2.45, 2.75) is 25.6 Å². The van der Waals surface area contributed by atoms with E-state index in [0.29, 0.717) is 18.9 Å². The van der Waals surface area contributed by atoms with E-state index < -0.39 is 0 Å². The van der Waals surface area contributed by atoms with Crippen LogP contribution in [0, 0.1) is 6.92 Å². The van der Waals surface area contributed by atoms with Gasteiger partial charge < -0.3 is 19.7 Å². The van der Waals surface area contributed by atoms with E-state index in [1.807, 2.05) is 37.3 Å². The van der Waals surface area contributed by atoms with Crippen LogP contribution in [0.5, 0.6) is 0 Å². The highest BCUT2D eigenvalue weighted by Gasteiger charge is 2.39. The summed E-state index contributed by atoms with van der Waals surface area (Å²) in [5.74, 6) is -0.579. The zero-order valence-electron chi connectivity index (χ0n) is 14.9. The summed E-state index contributed by atoms with van der Waals surface area (Å²) in [6.07, 6.45) is 3.46. The molecule has 2 aliphatic heterocycles. The Bertz CT molecular complexity index is 775. The molecule has 0 saturated carbocycles. The summed E-state index contributed by atoms with van der Waals surface area (Å²) in [4.78, 5) is 19.0. The molecule has 1 spiro atoms. The van der Waals surface area contributed by atoms with Crippen LogP contribution in [-0.2, 0) is 9.47 Å². The fraction of sp³-hybridized carbons (Fsp3) is 0.400. The number of rotatable bonds is 3. The van der Waals surface area contributed by atoms with E-state index >= 15 is 0 Å². The van der Waals surface area contributed by atoms with E-state index in [4.69, 9.17) is 9.47 Å². The third-order valence-electron chi connectivity index (χ3n) is 4.96. The minimum Gasteiger partial charge on any atom is -0.370 e. The molecule has 6 heteroatoms. The van der Waals surface area contributed by atoms with Crippen LogP contribution in [0.1, 0.15) is 28.9 Å². The third-order valence-corrected chi connectivity index (χ3v) is 4.96. The average Bonchev–Trinajstić information content (AvgIpc) is 3.11. The first kappa shape index (κ1) is 17.0. The van der Waals surface area contributed by atoms with Gasteiger partial charge in [-0.3, -0.25) is 4.79 Å². The molecular formula is C20H23N3O3. The van der Waals surface area contributed by atoms with Crippen LogP contribution in [0.15, 0.2) is 42.6 Å². The summed E-state index contributed by atoms with van der Waals surface area (Å²) in [7, 11) is 0. The summed E-state index contributed by atoms with van der Waals surface area (Å²) >= 11 is 0. The molecule has 3 heterocycles. The number of piperidine rings is 1. The molecule has 4 rings (SSSR count). The number of carbonyl (C=O) groups excluding carboxylic acids is 1. The summed E-state index contributed by atoms with van der Waals surface area (Å²) in [5.41, 5.74) is 3.30. The van der Waals surface area contributed by atoms with Gasteiger partial charge in [-0.05, 0) is 36.8 Å². The van der Waals surface area contributed by atoms with Crippen LogP contribution in [-0.4, -0.2) is 43.0 Å². The highest BCUT2D eigenvalue weighted by atomic mass is 16.7. The van der Waals surface area contributed by atoms with Gasteiger partial charge in [-0.25, -0.2) is 4.98 Å². The third kappa shape index (κ3) is 3.57. The van der Waals surface area contributed by atoms with Crippen LogP contribution in [0.4, 0.5) is 11.4 Å². The number of nitrogens with one attached hydrogen (secondary N) is 1. The molecule has 1 aromatic heterocycles. The number of hydrogen-bond acceptors (Lipinski definition) is 5. The van der Waals surface area contributed by atoms with E-state index in [9.17, 15) is 4.79 Å². The molecule has 2 aromatic rings. The minimum absolute atomic E-state index is 0.201. The maximum absolute atomic E-state index is 12.4. The molecule has 26 heavy (non-hydrogen) atoms. The fourth-order valence-corrected chi connectivity index (χ4v) is 3.52. The number of carbonyl (C=O) groups is 1. The van der Waals surface area contributed by atoms with Crippen molar-refractivity contribution in [1.82, 2.24) is 4.98 Å². The summed E-state index contributed by atoms with van der Waals surface area (Å²) in [5, 5.41) is 2.88. The first-order valence-electron chi connectivity index (χ1n) is 9.01. The fourth-order valence-electron chi connectivity index (χ4n) is 3.52. The Balaban J connectivity index is 1.38. The van der Waals surface area contributed by atoms with Gasteiger partial charge in [-0.15, -0.1) is 0 Å². The van der Waals surface area contributed by atoms with Crippen molar-refractivity contribution >= 4 is 17.3 Å². The first-order chi connectivity index (χ1) is 12.6. The predicted molar refractivity (Wildman–Crippen MR) is 99.5 cm³/mol. The van der Waals surface area contributed by atoms with Gasteiger partial charge in [0, 0.05) is 31.6 Å². The van der Waals surface area contributed by atoms with Crippen molar-refractivity contribution in [1.29, 1.82) is 0 Å². The molecule has 0 bridgehead atoms.